The Morgan fingerprint density at radius 3 is 2.77 bits per heavy atom. The summed E-state index contributed by atoms with van der Waals surface area (Å²) in [5, 5.41) is 3.65. The molecule has 0 radical (unpaired) electrons. The summed E-state index contributed by atoms with van der Waals surface area (Å²) in [5.41, 5.74) is 5.73. The van der Waals surface area contributed by atoms with Crippen molar-refractivity contribution < 1.29 is 4.39 Å². The maximum absolute atomic E-state index is 13.1. The number of aromatic nitrogens is 3. The average molecular weight is 350 g/mol. The van der Waals surface area contributed by atoms with Crippen LogP contribution in [0.3, 0.4) is 0 Å². The summed E-state index contributed by atoms with van der Waals surface area (Å²) in [6, 6.07) is 9.32. The molecule has 0 amide bonds. The normalized spacial score (nSPS) is 17.5. The van der Waals surface area contributed by atoms with Crippen molar-refractivity contribution >= 4 is 11.4 Å². The van der Waals surface area contributed by atoms with Gasteiger partial charge in [-0.2, -0.15) is 0 Å². The highest BCUT2D eigenvalue weighted by molar-refractivity contribution is 5.66. The zero-order valence-corrected chi connectivity index (χ0v) is 15.2. The predicted molar refractivity (Wildman–Crippen MR) is 101 cm³/mol. The van der Waals surface area contributed by atoms with Crippen LogP contribution in [0.1, 0.15) is 41.9 Å². The Bertz CT molecular complexity index is 956. The van der Waals surface area contributed by atoms with Gasteiger partial charge in [-0.1, -0.05) is 18.2 Å². The first-order valence-electron chi connectivity index (χ1n) is 9.09. The molecule has 5 heteroatoms. The molecule has 1 atom stereocenters. The molecule has 0 saturated carbocycles. The molecule has 3 aromatic rings. The van der Waals surface area contributed by atoms with Crippen LogP contribution in [0.4, 0.5) is 4.39 Å². The zero-order chi connectivity index (χ0) is 18.1. The predicted octanol–water partition coefficient (Wildman–Crippen LogP) is 4.21. The summed E-state index contributed by atoms with van der Waals surface area (Å²) in [6.45, 7) is 4.86. The van der Waals surface area contributed by atoms with Crippen molar-refractivity contribution in [2.75, 3.05) is 0 Å². The van der Waals surface area contributed by atoms with Gasteiger partial charge in [0.1, 0.15) is 5.82 Å². The second-order valence-corrected chi connectivity index (χ2v) is 7.01. The third-order valence-electron chi connectivity index (χ3n) is 5.06. The molecule has 26 heavy (non-hydrogen) atoms. The minimum Gasteiger partial charge on any atom is -0.308 e. The topological polar surface area (TPSA) is 42.2 Å². The van der Waals surface area contributed by atoms with Gasteiger partial charge in [0.05, 0.1) is 11.9 Å². The van der Waals surface area contributed by atoms with Crippen LogP contribution in [-0.4, -0.2) is 20.4 Å². The van der Waals surface area contributed by atoms with Crippen molar-refractivity contribution in [3.05, 3.63) is 71.1 Å². The number of rotatable bonds is 4. The van der Waals surface area contributed by atoms with Gasteiger partial charge in [0.25, 0.3) is 0 Å². The van der Waals surface area contributed by atoms with Gasteiger partial charge in [0.2, 0.25) is 5.78 Å². The number of halogens is 1. The number of nitrogens with zero attached hydrogens (tertiary/aromatic N) is 3. The molecule has 0 aliphatic heterocycles. The Morgan fingerprint density at radius 2 is 2.04 bits per heavy atom. The van der Waals surface area contributed by atoms with E-state index in [2.05, 4.69) is 38.8 Å². The van der Waals surface area contributed by atoms with E-state index in [0.717, 1.165) is 54.2 Å². The number of hydrogen-bond donors (Lipinski definition) is 1. The highest BCUT2D eigenvalue weighted by Crippen LogP contribution is 2.27. The maximum Gasteiger partial charge on any atom is 0.234 e. The van der Waals surface area contributed by atoms with Crippen molar-refractivity contribution in [2.45, 2.75) is 45.7 Å². The van der Waals surface area contributed by atoms with Crippen LogP contribution in [-0.2, 0) is 6.54 Å². The molecule has 2 heterocycles. The summed E-state index contributed by atoms with van der Waals surface area (Å²) in [6.07, 6.45) is 7.26. The molecular weight excluding hydrogens is 327 g/mol. The number of benzene rings is 1. The van der Waals surface area contributed by atoms with Crippen LogP contribution in [0.2, 0.25) is 0 Å². The molecule has 134 valence electrons. The van der Waals surface area contributed by atoms with Crippen LogP contribution in [0.25, 0.3) is 11.4 Å². The van der Waals surface area contributed by atoms with Crippen LogP contribution in [0.15, 0.2) is 42.6 Å². The van der Waals surface area contributed by atoms with Crippen LogP contribution in [0, 0.1) is 19.7 Å². The van der Waals surface area contributed by atoms with Crippen molar-refractivity contribution in [1.29, 1.82) is 0 Å². The second-order valence-electron chi connectivity index (χ2n) is 7.01. The zero-order valence-electron chi connectivity index (χ0n) is 15.2. The molecule has 4 nitrogen and oxygen atoms in total. The lowest BCUT2D eigenvalue weighted by atomic mass is 9.90. The standard InChI is InChI=1S/C21H23FN4/c1-14-11-15(2)26-20(13-24-21(26)25-14)12-23-19-9-5-17(6-10-19)16-3-7-18(22)8-4-16/h3-5,7-8,11,13,19,23H,6,9-10,12H2,1-2H3. The Balaban J connectivity index is 1.42. The van der Waals surface area contributed by atoms with Gasteiger partial charge in [-0.05, 0) is 62.4 Å². The van der Waals surface area contributed by atoms with E-state index >= 15 is 0 Å². The van der Waals surface area contributed by atoms with E-state index in [-0.39, 0.29) is 5.82 Å². The van der Waals surface area contributed by atoms with E-state index in [1.807, 2.05) is 25.3 Å². The molecule has 1 aliphatic rings. The van der Waals surface area contributed by atoms with Gasteiger partial charge in [-0.15, -0.1) is 0 Å². The Kier molecular flexibility index (Phi) is 4.55. The molecular formula is C21H23FN4. The Hall–Kier alpha value is -2.53. The Morgan fingerprint density at radius 1 is 1.23 bits per heavy atom. The first kappa shape index (κ1) is 16.9. The number of fused-ring (bicyclic) bond motifs is 1. The monoisotopic (exact) mass is 350 g/mol. The lowest BCUT2D eigenvalue weighted by Gasteiger charge is -2.23. The molecule has 2 aromatic heterocycles. The highest BCUT2D eigenvalue weighted by atomic mass is 19.1. The molecule has 0 bridgehead atoms. The fourth-order valence-electron chi connectivity index (χ4n) is 3.72. The first-order chi connectivity index (χ1) is 12.6. The van der Waals surface area contributed by atoms with Crippen molar-refractivity contribution in [3.8, 4) is 0 Å². The van der Waals surface area contributed by atoms with Crippen molar-refractivity contribution in [2.24, 2.45) is 0 Å². The summed E-state index contributed by atoms with van der Waals surface area (Å²) >= 11 is 0. The third-order valence-corrected chi connectivity index (χ3v) is 5.06. The van der Waals surface area contributed by atoms with E-state index in [9.17, 15) is 4.39 Å². The lowest BCUT2D eigenvalue weighted by molar-refractivity contribution is 0.474. The summed E-state index contributed by atoms with van der Waals surface area (Å²) in [7, 11) is 0. The van der Waals surface area contributed by atoms with Crippen LogP contribution in [0.5, 0.6) is 0 Å². The second kappa shape index (κ2) is 7.00. The molecule has 0 spiro atoms. The maximum atomic E-state index is 13.1. The van der Waals surface area contributed by atoms with Gasteiger partial charge < -0.3 is 5.32 Å². The summed E-state index contributed by atoms with van der Waals surface area (Å²) < 4.78 is 15.2. The molecule has 1 unspecified atom stereocenters. The quantitative estimate of drug-likeness (QED) is 0.766. The first-order valence-corrected chi connectivity index (χ1v) is 9.09. The van der Waals surface area contributed by atoms with E-state index in [1.54, 1.807) is 0 Å². The van der Waals surface area contributed by atoms with Gasteiger partial charge in [-0.3, -0.25) is 4.40 Å². The SMILES string of the molecule is Cc1cc(C)n2c(CNC3CC=C(c4ccc(F)cc4)CC3)cnc2n1. The molecule has 0 fully saturated rings. The summed E-state index contributed by atoms with van der Waals surface area (Å²) in [5.74, 6) is 0.583. The average Bonchev–Trinajstić information content (AvgIpc) is 3.04. The highest BCUT2D eigenvalue weighted by Gasteiger charge is 2.16. The minimum absolute atomic E-state index is 0.183. The van der Waals surface area contributed by atoms with E-state index in [4.69, 9.17) is 0 Å². The molecule has 1 N–H and O–H groups in total. The molecule has 0 saturated heterocycles. The van der Waals surface area contributed by atoms with Gasteiger partial charge in [0, 0.05) is 24.0 Å². The largest absolute Gasteiger partial charge is 0.308 e. The molecule has 4 rings (SSSR count). The smallest absolute Gasteiger partial charge is 0.234 e. The number of aryl methyl sites for hydroxylation is 2. The van der Waals surface area contributed by atoms with Crippen LogP contribution < -0.4 is 5.32 Å². The van der Waals surface area contributed by atoms with Gasteiger partial charge >= 0.3 is 0 Å². The molecule has 1 aromatic carbocycles. The number of nitrogens with one attached hydrogen (secondary N) is 1. The Labute approximate surface area is 152 Å². The fourth-order valence-corrected chi connectivity index (χ4v) is 3.72. The summed E-state index contributed by atoms with van der Waals surface area (Å²) in [4.78, 5) is 8.92. The minimum atomic E-state index is -0.183. The number of imidazole rings is 1. The van der Waals surface area contributed by atoms with Gasteiger partial charge in [0.15, 0.2) is 0 Å². The third kappa shape index (κ3) is 3.40. The van der Waals surface area contributed by atoms with Crippen LogP contribution >= 0.6 is 0 Å². The number of allylic oxidation sites excluding steroid dienone is 1. The molecule has 1 aliphatic carbocycles. The fraction of sp³-hybridized carbons (Fsp3) is 0.333. The number of hydrogen-bond acceptors (Lipinski definition) is 3. The van der Waals surface area contributed by atoms with E-state index in [0.29, 0.717) is 6.04 Å². The van der Waals surface area contributed by atoms with Crippen molar-refractivity contribution in [1.82, 2.24) is 19.7 Å². The van der Waals surface area contributed by atoms with Crippen molar-refractivity contribution in [3.63, 3.8) is 0 Å². The lowest BCUT2D eigenvalue weighted by Crippen LogP contribution is -2.30. The van der Waals surface area contributed by atoms with Gasteiger partial charge in [-0.25, -0.2) is 14.4 Å². The van der Waals surface area contributed by atoms with E-state index in [1.165, 1.54) is 17.7 Å². The van der Waals surface area contributed by atoms with E-state index < -0.39 is 0 Å².